The summed E-state index contributed by atoms with van der Waals surface area (Å²) in [7, 11) is 1.96. The lowest BCUT2D eigenvalue weighted by molar-refractivity contribution is -0.139. The molecule has 0 spiro atoms. The highest BCUT2D eigenvalue weighted by molar-refractivity contribution is 5.82. The Morgan fingerprint density at radius 3 is 2.41 bits per heavy atom. The zero-order valence-electron chi connectivity index (χ0n) is 13.4. The van der Waals surface area contributed by atoms with Crippen LogP contribution in [-0.4, -0.2) is 47.8 Å². The number of nitrogens with zero attached hydrogens (tertiary/aromatic N) is 2. The van der Waals surface area contributed by atoms with Gasteiger partial charge in [0.2, 0.25) is 11.8 Å². The highest BCUT2D eigenvalue weighted by Crippen LogP contribution is 2.18. The fourth-order valence-electron chi connectivity index (χ4n) is 2.85. The van der Waals surface area contributed by atoms with Crippen molar-refractivity contribution in [2.24, 2.45) is 11.7 Å². The summed E-state index contributed by atoms with van der Waals surface area (Å²) in [6.45, 7) is 3.92. The number of hydrogen-bond acceptors (Lipinski definition) is 3. The molecule has 2 rings (SSSR count). The van der Waals surface area contributed by atoms with Crippen LogP contribution in [-0.2, 0) is 16.1 Å². The summed E-state index contributed by atoms with van der Waals surface area (Å²) in [6, 6.07) is 9.94. The van der Waals surface area contributed by atoms with E-state index in [9.17, 15) is 9.59 Å². The van der Waals surface area contributed by atoms with Gasteiger partial charge < -0.3 is 10.6 Å². The average molecular weight is 303 g/mol. The van der Waals surface area contributed by atoms with Gasteiger partial charge in [0.15, 0.2) is 0 Å². The number of piperidine rings is 1. The molecule has 0 aromatic heterocycles. The molecule has 0 radical (unpaired) electrons. The molecule has 22 heavy (non-hydrogen) atoms. The Balaban J connectivity index is 1.88. The van der Waals surface area contributed by atoms with Gasteiger partial charge >= 0.3 is 0 Å². The fraction of sp³-hybridized carbons (Fsp3) is 0.529. The third kappa shape index (κ3) is 4.07. The number of nitrogens with two attached hydrogens (primary N) is 1. The monoisotopic (exact) mass is 303 g/mol. The Bertz CT molecular complexity index is 510. The smallest absolute Gasteiger partial charge is 0.239 e. The SMILES string of the molecule is CC(C(=O)N1CCC(C(N)=O)CC1)N(C)Cc1ccccc1. The molecule has 1 aliphatic rings. The van der Waals surface area contributed by atoms with Crippen LogP contribution in [0.3, 0.4) is 0 Å². The largest absolute Gasteiger partial charge is 0.369 e. The molecule has 0 saturated carbocycles. The van der Waals surface area contributed by atoms with Crippen LogP contribution in [0.5, 0.6) is 0 Å². The third-order valence-corrected chi connectivity index (χ3v) is 4.50. The van der Waals surface area contributed by atoms with Crippen molar-refractivity contribution in [3.8, 4) is 0 Å². The van der Waals surface area contributed by atoms with Crippen molar-refractivity contribution < 1.29 is 9.59 Å². The number of primary amides is 1. The summed E-state index contributed by atoms with van der Waals surface area (Å²) in [5.41, 5.74) is 6.52. The van der Waals surface area contributed by atoms with E-state index in [4.69, 9.17) is 5.73 Å². The molecule has 5 nitrogen and oxygen atoms in total. The molecular formula is C17H25N3O2. The van der Waals surface area contributed by atoms with E-state index in [0.29, 0.717) is 25.9 Å². The van der Waals surface area contributed by atoms with Gasteiger partial charge in [-0.25, -0.2) is 0 Å². The lowest BCUT2D eigenvalue weighted by Gasteiger charge is -2.34. The van der Waals surface area contributed by atoms with E-state index in [1.54, 1.807) is 0 Å². The van der Waals surface area contributed by atoms with Crippen molar-refractivity contribution >= 4 is 11.8 Å². The first-order chi connectivity index (χ1) is 10.5. The number of benzene rings is 1. The molecule has 120 valence electrons. The van der Waals surface area contributed by atoms with Gasteiger partial charge in [-0.3, -0.25) is 14.5 Å². The molecule has 1 heterocycles. The number of carbonyl (C=O) groups excluding carboxylic acids is 2. The molecular weight excluding hydrogens is 278 g/mol. The van der Waals surface area contributed by atoms with Crippen molar-refractivity contribution in [1.29, 1.82) is 0 Å². The third-order valence-electron chi connectivity index (χ3n) is 4.50. The molecule has 1 aromatic carbocycles. The van der Waals surface area contributed by atoms with Crippen LogP contribution in [0.2, 0.25) is 0 Å². The molecule has 5 heteroatoms. The number of hydrogen-bond donors (Lipinski definition) is 1. The highest BCUT2D eigenvalue weighted by atomic mass is 16.2. The van der Waals surface area contributed by atoms with E-state index in [1.807, 2.05) is 37.1 Å². The topological polar surface area (TPSA) is 66.6 Å². The standard InChI is InChI=1S/C17H25N3O2/c1-13(19(2)12-14-6-4-3-5-7-14)17(22)20-10-8-15(9-11-20)16(18)21/h3-7,13,15H,8-12H2,1-2H3,(H2,18,21). The number of rotatable bonds is 5. The fourth-order valence-corrected chi connectivity index (χ4v) is 2.85. The van der Waals surface area contributed by atoms with Crippen molar-refractivity contribution in [2.75, 3.05) is 20.1 Å². The van der Waals surface area contributed by atoms with E-state index in [1.165, 1.54) is 5.56 Å². The van der Waals surface area contributed by atoms with Crippen LogP contribution < -0.4 is 5.73 Å². The van der Waals surface area contributed by atoms with Crippen LogP contribution >= 0.6 is 0 Å². The van der Waals surface area contributed by atoms with E-state index >= 15 is 0 Å². The van der Waals surface area contributed by atoms with Gasteiger partial charge in [0.05, 0.1) is 6.04 Å². The molecule has 0 aliphatic carbocycles. The van der Waals surface area contributed by atoms with Crippen molar-refractivity contribution in [3.63, 3.8) is 0 Å². The first-order valence-electron chi connectivity index (χ1n) is 7.81. The van der Waals surface area contributed by atoms with Gasteiger partial charge in [-0.1, -0.05) is 30.3 Å². The Kier molecular flexibility index (Phi) is 5.55. The first kappa shape index (κ1) is 16.5. The Morgan fingerprint density at radius 1 is 1.27 bits per heavy atom. The van der Waals surface area contributed by atoms with Gasteiger partial charge in [0.1, 0.15) is 0 Å². The molecule has 1 saturated heterocycles. The summed E-state index contributed by atoms with van der Waals surface area (Å²) in [4.78, 5) is 27.7. The minimum Gasteiger partial charge on any atom is -0.369 e. The van der Waals surface area contributed by atoms with E-state index < -0.39 is 0 Å². The predicted octanol–water partition coefficient (Wildman–Crippen LogP) is 1.23. The maximum absolute atomic E-state index is 12.6. The second-order valence-electron chi connectivity index (χ2n) is 6.08. The Labute approximate surface area is 132 Å². The van der Waals surface area contributed by atoms with E-state index in [2.05, 4.69) is 17.0 Å². The summed E-state index contributed by atoms with van der Waals surface area (Å²) in [5.74, 6) is -0.205. The van der Waals surface area contributed by atoms with Crippen molar-refractivity contribution in [3.05, 3.63) is 35.9 Å². The van der Waals surface area contributed by atoms with Crippen LogP contribution in [0.15, 0.2) is 30.3 Å². The molecule has 0 bridgehead atoms. The van der Waals surface area contributed by atoms with Gasteiger partial charge in [0, 0.05) is 25.6 Å². The zero-order chi connectivity index (χ0) is 16.1. The number of amides is 2. The van der Waals surface area contributed by atoms with Crippen molar-refractivity contribution in [2.45, 2.75) is 32.4 Å². The molecule has 2 amide bonds. The van der Waals surface area contributed by atoms with Gasteiger partial charge in [-0.15, -0.1) is 0 Å². The number of likely N-dealkylation sites (tertiary alicyclic amines) is 1. The normalized spacial score (nSPS) is 17.5. The Morgan fingerprint density at radius 2 is 1.86 bits per heavy atom. The first-order valence-corrected chi connectivity index (χ1v) is 7.81. The lowest BCUT2D eigenvalue weighted by Crippen LogP contribution is -2.49. The minimum absolute atomic E-state index is 0.0820. The lowest BCUT2D eigenvalue weighted by atomic mass is 9.96. The predicted molar refractivity (Wildman–Crippen MR) is 85.9 cm³/mol. The molecule has 2 N–H and O–H groups in total. The molecule has 1 aliphatic heterocycles. The van der Waals surface area contributed by atoms with Crippen LogP contribution in [0.1, 0.15) is 25.3 Å². The maximum atomic E-state index is 12.6. The second-order valence-corrected chi connectivity index (χ2v) is 6.08. The molecule has 1 atom stereocenters. The van der Waals surface area contributed by atoms with Crippen molar-refractivity contribution in [1.82, 2.24) is 9.80 Å². The maximum Gasteiger partial charge on any atom is 0.239 e. The van der Waals surface area contributed by atoms with Gasteiger partial charge in [-0.05, 0) is 32.4 Å². The van der Waals surface area contributed by atoms with Crippen LogP contribution in [0.4, 0.5) is 0 Å². The summed E-state index contributed by atoms with van der Waals surface area (Å²) >= 11 is 0. The Hall–Kier alpha value is -1.88. The quantitative estimate of drug-likeness (QED) is 0.889. The number of likely N-dealkylation sites (N-methyl/N-ethyl adjacent to an activating group) is 1. The summed E-state index contributed by atoms with van der Waals surface area (Å²) in [5, 5.41) is 0. The van der Waals surface area contributed by atoms with Gasteiger partial charge in [-0.2, -0.15) is 0 Å². The molecule has 1 unspecified atom stereocenters. The van der Waals surface area contributed by atoms with Crippen LogP contribution in [0, 0.1) is 5.92 Å². The average Bonchev–Trinajstić information content (AvgIpc) is 2.54. The zero-order valence-corrected chi connectivity index (χ0v) is 13.4. The van der Waals surface area contributed by atoms with E-state index in [-0.39, 0.29) is 23.8 Å². The minimum atomic E-state index is -0.249. The molecule has 1 fully saturated rings. The highest BCUT2D eigenvalue weighted by Gasteiger charge is 2.29. The molecule has 1 aromatic rings. The van der Waals surface area contributed by atoms with Crippen LogP contribution in [0.25, 0.3) is 0 Å². The van der Waals surface area contributed by atoms with E-state index in [0.717, 1.165) is 6.54 Å². The van der Waals surface area contributed by atoms with Gasteiger partial charge in [0.25, 0.3) is 0 Å². The number of carbonyl (C=O) groups is 2. The summed E-state index contributed by atoms with van der Waals surface area (Å²) in [6.07, 6.45) is 1.35. The second kappa shape index (κ2) is 7.40. The summed E-state index contributed by atoms with van der Waals surface area (Å²) < 4.78 is 0.